The average Bonchev–Trinajstić information content (AvgIpc) is 2.73. The first kappa shape index (κ1) is 25.3. The zero-order chi connectivity index (χ0) is 24.3. The molecule has 0 aliphatic rings. The fourth-order valence-electron chi connectivity index (χ4n) is 2.97. The maximum Gasteiger partial charge on any atom is 0.326 e. The van der Waals surface area contributed by atoms with E-state index in [0.717, 1.165) is 0 Å². The van der Waals surface area contributed by atoms with Gasteiger partial charge in [-0.3, -0.25) is 10.1 Å². The molecule has 3 aromatic carbocycles. The second-order valence-electron chi connectivity index (χ2n) is 6.90. The van der Waals surface area contributed by atoms with Crippen molar-refractivity contribution in [3.05, 3.63) is 91.9 Å². The van der Waals surface area contributed by atoms with E-state index in [2.05, 4.69) is 10.6 Å². The summed E-state index contributed by atoms with van der Waals surface area (Å²) in [6, 6.07) is 14.2. The van der Waals surface area contributed by atoms with E-state index in [1.807, 2.05) is 0 Å². The van der Waals surface area contributed by atoms with Crippen molar-refractivity contribution in [3.8, 4) is 0 Å². The minimum absolute atomic E-state index is 0.0903. The van der Waals surface area contributed by atoms with Crippen LogP contribution in [-0.4, -0.2) is 20.4 Å². The zero-order valence-corrected chi connectivity index (χ0v) is 20.7. The lowest BCUT2D eigenvalue weighted by Crippen LogP contribution is -2.34. The van der Waals surface area contributed by atoms with Gasteiger partial charge < -0.3 is 5.32 Å². The lowest BCUT2D eigenvalue weighted by molar-refractivity contribution is 0.0967. The van der Waals surface area contributed by atoms with E-state index in [1.54, 1.807) is 36.4 Å². The molecule has 0 fully saturated rings. The van der Waals surface area contributed by atoms with E-state index in [1.165, 1.54) is 31.2 Å². The summed E-state index contributed by atoms with van der Waals surface area (Å²) < 4.78 is 26.3. The average molecular weight is 546 g/mol. The van der Waals surface area contributed by atoms with Gasteiger partial charge in [0.1, 0.15) is 4.90 Å². The molecule has 0 aliphatic carbocycles. The number of nitrogens with one attached hydrogen (secondary N) is 2. The van der Waals surface area contributed by atoms with Crippen LogP contribution in [0.5, 0.6) is 0 Å². The second kappa shape index (κ2) is 10.3. The van der Waals surface area contributed by atoms with E-state index in [4.69, 9.17) is 46.4 Å². The summed E-state index contributed by atoms with van der Waals surface area (Å²) in [6.07, 6.45) is 0. The molecule has 2 N–H and O–H groups in total. The lowest BCUT2D eigenvalue weighted by Gasteiger charge is -2.17. The van der Waals surface area contributed by atoms with Gasteiger partial charge in [-0.15, -0.1) is 0 Å². The summed E-state index contributed by atoms with van der Waals surface area (Å²) in [6.45, 7) is 1.51. The van der Waals surface area contributed by atoms with Crippen LogP contribution in [0, 0.1) is 0 Å². The molecule has 0 radical (unpaired) electrons. The molecule has 3 amide bonds. The Labute approximate surface area is 210 Å². The Morgan fingerprint density at radius 2 is 1.42 bits per heavy atom. The largest absolute Gasteiger partial charge is 0.326 e. The molecule has 0 spiro atoms. The molecule has 0 saturated carbocycles. The normalized spacial score (nSPS) is 12.2. The van der Waals surface area contributed by atoms with Crippen molar-refractivity contribution in [3.63, 3.8) is 0 Å². The van der Waals surface area contributed by atoms with Crippen molar-refractivity contribution in [2.24, 2.45) is 0 Å². The number of benzene rings is 3. The number of halogens is 4. The van der Waals surface area contributed by atoms with Gasteiger partial charge in [-0.25, -0.2) is 13.2 Å². The highest BCUT2D eigenvalue weighted by Gasteiger charge is 2.30. The van der Waals surface area contributed by atoms with Gasteiger partial charge in [-0.2, -0.15) is 0 Å². The molecule has 0 saturated heterocycles. The van der Waals surface area contributed by atoms with Crippen LogP contribution in [0.2, 0.25) is 20.1 Å². The van der Waals surface area contributed by atoms with E-state index < -0.39 is 27.0 Å². The third kappa shape index (κ3) is 5.80. The summed E-state index contributed by atoms with van der Waals surface area (Å²) >= 11 is 24.3. The first-order valence-corrected chi connectivity index (χ1v) is 12.4. The summed E-state index contributed by atoms with van der Waals surface area (Å²) in [5.74, 6) is -0.716. The number of imide groups is 1. The molecule has 3 aromatic rings. The quantitative estimate of drug-likeness (QED) is 0.369. The van der Waals surface area contributed by atoms with E-state index in [9.17, 15) is 18.0 Å². The number of amides is 3. The fraction of sp³-hybridized carbons (Fsp3) is 0.0909. The molecule has 6 nitrogen and oxygen atoms in total. The summed E-state index contributed by atoms with van der Waals surface area (Å²) in [7, 11) is -3.98. The molecule has 0 heterocycles. The highest BCUT2D eigenvalue weighted by molar-refractivity contribution is 7.91. The molecule has 33 heavy (non-hydrogen) atoms. The van der Waals surface area contributed by atoms with Gasteiger partial charge >= 0.3 is 6.03 Å². The molecule has 0 bridgehead atoms. The molecule has 0 aromatic heterocycles. The van der Waals surface area contributed by atoms with Gasteiger partial charge in [0.15, 0.2) is 9.84 Å². The van der Waals surface area contributed by atoms with Crippen molar-refractivity contribution in [1.82, 2.24) is 5.32 Å². The monoisotopic (exact) mass is 544 g/mol. The number of rotatable bonds is 5. The van der Waals surface area contributed by atoms with Crippen molar-refractivity contribution in [2.75, 3.05) is 5.32 Å². The third-order valence-corrected chi connectivity index (χ3v) is 8.30. The van der Waals surface area contributed by atoms with Gasteiger partial charge in [0.05, 0.1) is 25.9 Å². The second-order valence-corrected chi connectivity index (χ2v) is 10.8. The summed E-state index contributed by atoms with van der Waals surface area (Å²) in [5.41, 5.74) is 0.710. The maximum atomic E-state index is 13.2. The van der Waals surface area contributed by atoms with E-state index in [-0.39, 0.29) is 31.2 Å². The van der Waals surface area contributed by atoms with Crippen LogP contribution >= 0.6 is 46.4 Å². The number of hydrogen-bond donors (Lipinski definition) is 2. The predicted molar refractivity (Wildman–Crippen MR) is 131 cm³/mol. The molecule has 0 aliphatic heterocycles. The number of anilines is 1. The predicted octanol–water partition coefficient (Wildman–Crippen LogP) is 6.80. The van der Waals surface area contributed by atoms with Crippen molar-refractivity contribution in [2.45, 2.75) is 17.1 Å². The Balaban J connectivity index is 1.81. The van der Waals surface area contributed by atoms with Gasteiger partial charge in [0, 0.05) is 10.7 Å². The van der Waals surface area contributed by atoms with Crippen LogP contribution in [0.25, 0.3) is 0 Å². The molecule has 1 unspecified atom stereocenters. The van der Waals surface area contributed by atoms with Gasteiger partial charge in [0.2, 0.25) is 0 Å². The smallest absolute Gasteiger partial charge is 0.308 e. The molecule has 172 valence electrons. The molecular weight excluding hydrogens is 530 g/mol. The lowest BCUT2D eigenvalue weighted by atomic mass is 10.2. The Kier molecular flexibility index (Phi) is 7.92. The van der Waals surface area contributed by atoms with Crippen LogP contribution < -0.4 is 10.6 Å². The maximum absolute atomic E-state index is 13.2. The molecule has 1 atom stereocenters. The van der Waals surface area contributed by atoms with Crippen molar-refractivity contribution in [1.29, 1.82) is 0 Å². The highest BCUT2D eigenvalue weighted by atomic mass is 35.5. The third-order valence-electron chi connectivity index (χ3n) is 4.69. The summed E-state index contributed by atoms with van der Waals surface area (Å²) in [5, 5.41) is 3.85. The number of carbonyl (C=O) groups is 2. The van der Waals surface area contributed by atoms with Crippen LogP contribution in [-0.2, 0) is 9.84 Å². The first-order chi connectivity index (χ1) is 15.5. The number of hydrogen-bond acceptors (Lipinski definition) is 4. The Morgan fingerprint density at radius 1 is 0.848 bits per heavy atom. The van der Waals surface area contributed by atoms with E-state index in [0.29, 0.717) is 10.6 Å². The van der Waals surface area contributed by atoms with Crippen LogP contribution in [0.3, 0.4) is 0 Å². The number of carbonyl (C=O) groups excluding carboxylic acids is 2. The topological polar surface area (TPSA) is 92.3 Å². The van der Waals surface area contributed by atoms with Crippen LogP contribution in [0.4, 0.5) is 10.5 Å². The first-order valence-electron chi connectivity index (χ1n) is 9.36. The number of sulfone groups is 1. The Bertz CT molecular complexity index is 1310. The van der Waals surface area contributed by atoms with E-state index >= 15 is 0 Å². The van der Waals surface area contributed by atoms with Crippen LogP contribution in [0.15, 0.2) is 65.6 Å². The van der Waals surface area contributed by atoms with Gasteiger partial charge in [-0.1, -0.05) is 70.7 Å². The minimum Gasteiger partial charge on any atom is -0.308 e. The fourth-order valence-corrected chi connectivity index (χ4v) is 5.98. The minimum atomic E-state index is -3.98. The molecular formula is C22H16Cl4N2O4S. The number of urea groups is 1. The van der Waals surface area contributed by atoms with Crippen molar-refractivity contribution < 1.29 is 18.0 Å². The van der Waals surface area contributed by atoms with Crippen molar-refractivity contribution >= 4 is 73.9 Å². The standard InChI is InChI=1S/C22H16Cl4N2O4S/c1-12(13-6-8-14(23)9-7-13)33(31,32)20-18(25)10-15(11-19(20)26)27-22(30)28-21(29)16-4-2-3-5-17(16)24/h2-12H,1H3,(H2,27,28,29,30). The van der Waals surface area contributed by atoms with Gasteiger partial charge in [0.25, 0.3) is 5.91 Å². The summed E-state index contributed by atoms with van der Waals surface area (Å²) in [4.78, 5) is 24.2. The molecule has 11 heteroatoms. The SMILES string of the molecule is CC(c1ccc(Cl)cc1)S(=O)(=O)c1c(Cl)cc(NC(=O)NC(=O)c2ccccc2Cl)cc1Cl. The highest BCUT2D eigenvalue weighted by Crippen LogP contribution is 2.39. The Hall–Kier alpha value is -2.29. The van der Waals surface area contributed by atoms with Gasteiger partial charge in [-0.05, 0) is 48.9 Å². The molecule has 3 rings (SSSR count). The Morgan fingerprint density at radius 3 is 2.00 bits per heavy atom. The zero-order valence-electron chi connectivity index (χ0n) is 16.9. The van der Waals surface area contributed by atoms with Crippen LogP contribution in [0.1, 0.15) is 28.1 Å².